The van der Waals surface area contributed by atoms with E-state index in [0.29, 0.717) is 11.6 Å². The van der Waals surface area contributed by atoms with Crippen LogP contribution in [0.3, 0.4) is 0 Å². The molecule has 0 amide bonds. The number of morpholine rings is 1. The molecule has 3 rings (SSSR count). The maximum atomic E-state index is 5.52. The first-order chi connectivity index (χ1) is 9.81. The molecule has 1 saturated heterocycles. The van der Waals surface area contributed by atoms with Crippen LogP contribution in [0.15, 0.2) is 16.9 Å². The van der Waals surface area contributed by atoms with Crippen molar-refractivity contribution in [2.45, 2.75) is 50.7 Å². The Kier molecular flexibility index (Phi) is 4.38. The predicted octanol–water partition coefficient (Wildman–Crippen LogP) is 1.80. The van der Waals surface area contributed by atoms with Crippen molar-refractivity contribution < 1.29 is 9.26 Å². The summed E-state index contributed by atoms with van der Waals surface area (Å²) in [6, 6.07) is 2.38. The Bertz CT molecular complexity index is 395. The molecule has 1 aliphatic heterocycles. The average Bonchev–Trinajstić information content (AvgIpc) is 3.18. The van der Waals surface area contributed by atoms with Crippen molar-refractivity contribution in [2.75, 3.05) is 26.3 Å². The minimum absolute atomic E-state index is 0.299. The topological polar surface area (TPSA) is 50.5 Å². The minimum Gasteiger partial charge on any atom is -0.379 e. The van der Waals surface area contributed by atoms with E-state index in [2.05, 4.69) is 22.3 Å². The van der Waals surface area contributed by atoms with Crippen LogP contribution in [0.4, 0.5) is 0 Å². The molecule has 1 aromatic rings. The van der Waals surface area contributed by atoms with Gasteiger partial charge in [0.2, 0.25) is 0 Å². The summed E-state index contributed by atoms with van der Waals surface area (Å²) in [5, 5.41) is 7.64. The molecule has 0 aromatic carbocycles. The second-order valence-corrected chi connectivity index (χ2v) is 6.00. The SMILES string of the molecule is CC(NCc1ccon1)C1(N2CCOCC2)CCCC1. The summed E-state index contributed by atoms with van der Waals surface area (Å²) in [6.45, 7) is 6.98. The molecule has 5 heteroatoms. The van der Waals surface area contributed by atoms with Crippen LogP contribution in [0.25, 0.3) is 0 Å². The fourth-order valence-corrected chi connectivity index (χ4v) is 3.80. The number of rotatable bonds is 5. The van der Waals surface area contributed by atoms with Gasteiger partial charge in [-0.1, -0.05) is 18.0 Å². The van der Waals surface area contributed by atoms with Gasteiger partial charge in [0.05, 0.1) is 18.9 Å². The Morgan fingerprint density at radius 1 is 1.35 bits per heavy atom. The van der Waals surface area contributed by atoms with E-state index >= 15 is 0 Å². The highest BCUT2D eigenvalue weighted by atomic mass is 16.5. The molecular weight excluding hydrogens is 254 g/mol. The second-order valence-electron chi connectivity index (χ2n) is 6.00. The highest BCUT2D eigenvalue weighted by Gasteiger charge is 2.44. The third-order valence-corrected chi connectivity index (χ3v) is 5.00. The van der Waals surface area contributed by atoms with Crippen molar-refractivity contribution in [2.24, 2.45) is 0 Å². The summed E-state index contributed by atoms with van der Waals surface area (Å²) < 4.78 is 10.4. The molecular formula is C15H25N3O2. The van der Waals surface area contributed by atoms with E-state index in [9.17, 15) is 0 Å². The summed E-state index contributed by atoms with van der Waals surface area (Å²) in [5.41, 5.74) is 1.28. The zero-order valence-corrected chi connectivity index (χ0v) is 12.3. The zero-order chi connectivity index (χ0) is 13.8. The molecule has 1 atom stereocenters. The molecule has 1 N–H and O–H groups in total. The summed E-state index contributed by atoms with van der Waals surface area (Å²) in [5.74, 6) is 0. The molecule has 112 valence electrons. The van der Waals surface area contributed by atoms with Gasteiger partial charge in [0.1, 0.15) is 6.26 Å². The van der Waals surface area contributed by atoms with Gasteiger partial charge in [-0.05, 0) is 19.8 Å². The Hall–Kier alpha value is -0.910. The van der Waals surface area contributed by atoms with E-state index in [4.69, 9.17) is 9.26 Å². The average molecular weight is 279 g/mol. The molecule has 2 fully saturated rings. The van der Waals surface area contributed by atoms with Crippen molar-refractivity contribution in [3.63, 3.8) is 0 Å². The second kappa shape index (κ2) is 6.24. The summed E-state index contributed by atoms with van der Waals surface area (Å²) in [7, 11) is 0. The van der Waals surface area contributed by atoms with Crippen LogP contribution in [0.1, 0.15) is 38.3 Å². The van der Waals surface area contributed by atoms with Crippen LogP contribution in [-0.2, 0) is 11.3 Å². The first-order valence-corrected chi connectivity index (χ1v) is 7.77. The largest absolute Gasteiger partial charge is 0.379 e. The van der Waals surface area contributed by atoms with E-state index < -0.39 is 0 Å². The quantitative estimate of drug-likeness (QED) is 0.890. The Morgan fingerprint density at radius 3 is 2.75 bits per heavy atom. The molecule has 20 heavy (non-hydrogen) atoms. The van der Waals surface area contributed by atoms with Gasteiger partial charge in [0.25, 0.3) is 0 Å². The molecule has 1 aromatic heterocycles. The highest BCUT2D eigenvalue weighted by molar-refractivity contribution is 5.04. The number of hydrogen-bond acceptors (Lipinski definition) is 5. The summed E-state index contributed by atoms with van der Waals surface area (Å²) >= 11 is 0. The molecule has 1 unspecified atom stereocenters. The first-order valence-electron chi connectivity index (χ1n) is 7.77. The molecule has 1 saturated carbocycles. The van der Waals surface area contributed by atoms with Crippen molar-refractivity contribution >= 4 is 0 Å². The van der Waals surface area contributed by atoms with Crippen LogP contribution in [0.2, 0.25) is 0 Å². The molecule has 1 aliphatic carbocycles. The van der Waals surface area contributed by atoms with Gasteiger partial charge in [-0.3, -0.25) is 4.90 Å². The van der Waals surface area contributed by atoms with Crippen LogP contribution < -0.4 is 5.32 Å². The molecule has 2 heterocycles. The van der Waals surface area contributed by atoms with Gasteiger partial charge in [0.15, 0.2) is 0 Å². The molecule has 5 nitrogen and oxygen atoms in total. The smallest absolute Gasteiger partial charge is 0.124 e. The monoisotopic (exact) mass is 279 g/mol. The predicted molar refractivity (Wildman–Crippen MR) is 76.4 cm³/mol. The third-order valence-electron chi connectivity index (χ3n) is 5.00. The lowest BCUT2D eigenvalue weighted by atomic mass is 9.86. The number of nitrogens with one attached hydrogen (secondary N) is 1. The van der Waals surface area contributed by atoms with Gasteiger partial charge >= 0.3 is 0 Å². The Labute approximate surface area is 120 Å². The van der Waals surface area contributed by atoms with Gasteiger partial charge in [-0.15, -0.1) is 0 Å². The van der Waals surface area contributed by atoms with E-state index in [1.54, 1.807) is 6.26 Å². The fraction of sp³-hybridized carbons (Fsp3) is 0.800. The third kappa shape index (κ3) is 2.75. The van der Waals surface area contributed by atoms with Gasteiger partial charge in [-0.2, -0.15) is 0 Å². The van der Waals surface area contributed by atoms with E-state index in [-0.39, 0.29) is 0 Å². The van der Waals surface area contributed by atoms with Gasteiger partial charge in [-0.25, -0.2) is 0 Å². The lowest BCUT2D eigenvalue weighted by molar-refractivity contribution is -0.0335. The summed E-state index contributed by atoms with van der Waals surface area (Å²) in [6.07, 6.45) is 6.90. The van der Waals surface area contributed by atoms with Crippen LogP contribution in [-0.4, -0.2) is 47.9 Å². The van der Waals surface area contributed by atoms with Gasteiger partial charge in [0, 0.05) is 37.3 Å². The van der Waals surface area contributed by atoms with Crippen LogP contribution in [0, 0.1) is 0 Å². The molecule has 2 aliphatic rings. The lowest BCUT2D eigenvalue weighted by Gasteiger charge is -2.47. The van der Waals surface area contributed by atoms with Crippen LogP contribution >= 0.6 is 0 Å². The number of hydrogen-bond donors (Lipinski definition) is 1. The minimum atomic E-state index is 0.299. The summed E-state index contributed by atoms with van der Waals surface area (Å²) in [4.78, 5) is 2.66. The standard InChI is InChI=1S/C15H25N3O2/c1-13(16-12-14-4-9-20-17-14)15(5-2-3-6-15)18-7-10-19-11-8-18/h4,9,13,16H,2-3,5-8,10-12H2,1H3. The Balaban J connectivity index is 1.65. The Morgan fingerprint density at radius 2 is 2.10 bits per heavy atom. The maximum Gasteiger partial charge on any atom is 0.124 e. The molecule has 0 spiro atoms. The van der Waals surface area contributed by atoms with Crippen molar-refractivity contribution in [3.8, 4) is 0 Å². The molecule has 0 radical (unpaired) electrons. The van der Waals surface area contributed by atoms with Crippen molar-refractivity contribution in [1.82, 2.24) is 15.4 Å². The van der Waals surface area contributed by atoms with Crippen molar-refractivity contribution in [1.29, 1.82) is 0 Å². The maximum absolute atomic E-state index is 5.52. The number of nitrogens with zero attached hydrogens (tertiary/aromatic N) is 2. The zero-order valence-electron chi connectivity index (χ0n) is 12.3. The van der Waals surface area contributed by atoms with Crippen LogP contribution in [0.5, 0.6) is 0 Å². The van der Waals surface area contributed by atoms with E-state index in [1.165, 1.54) is 25.7 Å². The van der Waals surface area contributed by atoms with Crippen molar-refractivity contribution in [3.05, 3.63) is 18.0 Å². The van der Waals surface area contributed by atoms with E-state index in [0.717, 1.165) is 38.5 Å². The van der Waals surface area contributed by atoms with Gasteiger partial charge < -0.3 is 14.6 Å². The lowest BCUT2D eigenvalue weighted by Crippen LogP contribution is -2.61. The number of ether oxygens (including phenoxy) is 1. The number of aromatic nitrogens is 1. The highest BCUT2D eigenvalue weighted by Crippen LogP contribution is 2.38. The first kappa shape index (κ1) is 14.0. The molecule has 0 bridgehead atoms. The normalized spacial score (nSPS) is 24.9. The van der Waals surface area contributed by atoms with E-state index in [1.807, 2.05) is 6.07 Å². The fourth-order valence-electron chi connectivity index (χ4n) is 3.80.